The highest BCUT2D eigenvalue weighted by atomic mass is 16.5. The third-order valence-corrected chi connectivity index (χ3v) is 3.17. The topological polar surface area (TPSA) is 47.8 Å². The molecule has 0 amide bonds. The van der Waals surface area contributed by atoms with Crippen molar-refractivity contribution in [3.05, 3.63) is 71.1 Å². The van der Waals surface area contributed by atoms with E-state index < -0.39 is 5.97 Å². The second-order valence-corrected chi connectivity index (χ2v) is 4.64. The minimum atomic E-state index is -0.452. The number of nitrogens with zero attached hydrogens (tertiary/aromatic N) is 1. The minimum absolute atomic E-state index is 0.212. The van der Waals surface area contributed by atoms with E-state index in [-0.39, 0.29) is 11.3 Å². The van der Waals surface area contributed by atoms with Crippen molar-refractivity contribution >= 4 is 11.5 Å². The summed E-state index contributed by atoms with van der Waals surface area (Å²) in [5.41, 5.74) is 1.57. The molecule has 3 rings (SSSR count). The van der Waals surface area contributed by atoms with Gasteiger partial charge in [-0.05, 0) is 17.7 Å². The predicted octanol–water partition coefficient (Wildman–Crippen LogP) is 2.89. The number of benzene rings is 1. The van der Waals surface area contributed by atoms with Gasteiger partial charge in [0.25, 0.3) is 5.56 Å². The van der Waals surface area contributed by atoms with Crippen LogP contribution in [0.15, 0.2) is 65.6 Å². The zero-order valence-corrected chi connectivity index (χ0v) is 11.4. The van der Waals surface area contributed by atoms with Crippen LogP contribution in [0.2, 0.25) is 0 Å². The number of hydrogen-bond acceptors (Lipinski definition) is 3. The van der Waals surface area contributed by atoms with E-state index in [0.29, 0.717) is 11.1 Å². The van der Waals surface area contributed by atoms with Gasteiger partial charge in [-0.25, -0.2) is 0 Å². The molecule has 2 aromatic heterocycles. The highest BCUT2D eigenvalue weighted by Gasteiger charge is 2.15. The fraction of sp³-hybridized carbons (Fsp3) is 0.0588. The summed E-state index contributed by atoms with van der Waals surface area (Å²) in [6.07, 6.45) is 1.70. The SMILES string of the molecule is CC(=O)Oc1cc2ccccn2c(=O)c1-c1ccccc1. The summed E-state index contributed by atoms with van der Waals surface area (Å²) < 4.78 is 6.77. The van der Waals surface area contributed by atoms with E-state index in [9.17, 15) is 9.59 Å². The summed E-state index contributed by atoms with van der Waals surface area (Å²) in [5.74, 6) is -0.170. The molecule has 0 bridgehead atoms. The second kappa shape index (κ2) is 5.25. The number of carbonyl (C=O) groups excluding carboxylic acids is 1. The lowest BCUT2D eigenvalue weighted by molar-refractivity contribution is -0.131. The summed E-state index contributed by atoms with van der Waals surface area (Å²) in [5, 5.41) is 0. The molecule has 0 saturated carbocycles. The molecule has 4 nitrogen and oxygen atoms in total. The molecule has 21 heavy (non-hydrogen) atoms. The third-order valence-electron chi connectivity index (χ3n) is 3.17. The Hall–Kier alpha value is -2.88. The van der Waals surface area contributed by atoms with Crippen molar-refractivity contribution < 1.29 is 9.53 Å². The monoisotopic (exact) mass is 279 g/mol. The number of aromatic nitrogens is 1. The smallest absolute Gasteiger partial charge is 0.308 e. The number of carbonyl (C=O) groups is 1. The van der Waals surface area contributed by atoms with Gasteiger partial charge in [-0.2, -0.15) is 0 Å². The van der Waals surface area contributed by atoms with E-state index in [1.165, 1.54) is 11.3 Å². The fourth-order valence-corrected chi connectivity index (χ4v) is 2.30. The van der Waals surface area contributed by atoms with E-state index >= 15 is 0 Å². The summed E-state index contributed by atoms with van der Waals surface area (Å²) in [6.45, 7) is 1.32. The maximum Gasteiger partial charge on any atom is 0.308 e. The standard InChI is InChI=1S/C17H13NO3/c1-12(19)21-15-11-14-9-5-6-10-18(14)17(20)16(15)13-7-3-2-4-8-13/h2-11H,1H3. The van der Waals surface area contributed by atoms with Crippen LogP contribution in [0.5, 0.6) is 5.75 Å². The molecule has 0 fully saturated rings. The number of rotatable bonds is 2. The van der Waals surface area contributed by atoms with E-state index in [2.05, 4.69) is 0 Å². The Morgan fingerprint density at radius 3 is 2.48 bits per heavy atom. The van der Waals surface area contributed by atoms with Gasteiger partial charge in [-0.1, -0.05) is 36.4 Å². The third kappa shape index (κ3) is 2.43. The molecule has 0 radical (unpaired) electrons. The highest BCUT2D eigenvalue weighted by molar-refractivity contribution is 5.78. The van der Waals surface area contributed by atoms with E-state index in [4.69, 9.17) is 4.74 Å². The first-order valence-electron chi connectivity index (χ1n) is 6.55. The van der Waals surface area contributed by atoms with Crippen LogP contribution in [0.1, 0.15) is 6.92 Å². The van der Waals surface area contributed by atoms with Crippen molar-refractivity contribution in [1.29, 1.82) is 0 Å². The van der Waals surface area contributed by atoms with Crippen LogP contribution >= 0.6 is 0 Å². The van der Waals surface area contributed by atoms with E-state index in [0.717, 1.165) is 5.56 Å². The van der Waals surface area contributed by atoms with Crippen LogP contribution in [-0.2, 0) is 4.79 Å². The highest BCUT2D eigenvalue weighted by Crippen LogP contribution is 2.28. The van der Waals surface area contributed by atoms with Crippen LogP contribution in [0, 0.1) is 0 Å². The number of pyridine rings is 2. The minimum Gasteiger partial charge on any atom is -0.426 e. The Balaban J connectivity index is 2.37. The van der Waals surface area contributed by atoms with Crippen molar-refractivity contribution in [1.82, 2.24) is 4.40 Å². The van der Waals surface area contributed by atoms with Gasteiger partial charge in [0.2, 0.25) is 0 Å². The first-order chi connectivity index (χ1) is 10.2. The summed E-state index contributed by atoms with van der Waals surface area (Å²) in [7, 11) is 0. The maximum atomic E-state index is 12.7. The van der Waals surface area contributed by atoms with Gasteiger partial charge < -0.3 is 4.74 Å². The van der Waals surface area contributed by atoms with Crippen molar-refractivity contribution in [2.75, 3.05) is 0 Å². The molecule has 0 unspecified atom stereocenters. The van der Waals surface area contributed by atoms with Gasteiger partial charge in [-0.15, -0.1) is 0 Å². The van der Waals surface area contributed by atoms with Crippen molar-refractivity contribution in [2.45, 2.75) is 6.92 Å². The Morgan fingerprint density at radius 2 is 1.76 bits per heavy atom. The zero-order chi connectivity index (χ0) is 14.8. The second-order valence-electron chi connectivity index (χ2n) is 4.64. The van der Waals surface area contributed by atoms with Crippen molar-refractivity contribution in [3.8, 4) is 16.9 Å². The predicted molar refractivity (Wildman–Crippen MR) is 80.4 cm³/mol. The molecule has 4 heteroatoms. The van der Waals surface area contributed by atoms with E-state index in [1.54, 1.807) is 24.4 Å². The molecule has 0 saturated heterocycles. The first kappa shape index (κ1) is 13.1. The maximum absolute atomic E-state index is 12.7. The average molecular weight is 279 g/mol. The lowest BCUT2D eigenvalue weighted by Crippen LogP contribution is -2.18. The number of esters is 1. The normalized spacial score (nSPS) is 10.5. The van der Waals surface area contributed by atoms with Crippen LogP contribution in [-0.4, -0.2) is 10.4 Å². The lowest BCUT2D eigenvalue weighted by Gasteiger charge is -2.11. The molecule has 0 aliphatic rings. The summed E-state index contributed by atoms with van der Waals surface area (Å²) >= 11 is 0. The molecule has 0 aliphatic heterocycles. The van der Waals surface area contributed by atoms with Crippen LogP contribution in [0.4, 0.5) is 0 Å². The molecule has 0 spiro atoms. The molecular formula is C17H13NO3. The van der Waals surface area contributed by atoms with Gasteiger partial charge in [-0.3, -0.25) is 14.0 Å². The van der Waals surface area contributed by atoms with Crippen LogP contribution in [0.3, 0.4) is 0 Å². The van der Waals surface area contributed by atoms with E-state index in [1.807, 2.05) is 36.4 Å². The van der Waals surface area contributed by atoms with Crippen molar-refractivity contribution in [3.63, 3.8) is 0 Å². The number of hydrogen-bond donors (Lipinski definition) is 0. The molecular weight excluding hydrogens is 266 g/mol. The molecule has 0 N–H and O–H groups in total. The quantitative estimate of drug-likeness (QED) is 0.678. The number of fused-ring (bicyclic) bond motifs is 1. The molecule has 2 heterocycles. The van der Waals surface area contributed by atoms with Crippen LogP contribution < -0.4 is 10.3 Å². The summed E-state index contributed by atoms with van der Waals surface area (Å²) in [6, 6.07) is 16.3. The summed E-state index contributed by atoms with van der Waals surface area (Å²) in [4.78, 5) is 24.0. The Labute approximate surface area is 121 Å². The van der Waals surface area contributed by atoms with Crippen molar-refractivity contribution in [2.24, 2.45) is 0 Å². The zero-order valence-electron chi connectivity index (χ0n) is 11.4. The lowest BCUT2D eigenvalue weighted by atomic mass is 10.1. The Kier molecular flexibility index (Phi) is 3.28. The molecule has 0 aliphatic carbocycles. The van der Waals surface area contributed by atoms with Gasteiger partial charge in [0.05, 0.1) is 11.1 Å². The fourth-order valence-electron chi connectivity index (χ4n) is 2.30. The Bertz CT molecular complexity index is 866. The van der Waals surface area contributed by atoms with Gasteiger partial charge >= 0.3 is 5.97 Å². The first-order valence-corrected chi connectivity index (χ1v) is 6.55. The van der Waals surface area contributed by atoms with Gasteiger partial charge in [0, 0.05) is 19.2 Å². The number of ether oxygens (including phenoxy) is 1. The molecule has 1 aromatic carbocycles. The molecule has 3 aromatic rings. The molecule has 104 valence electrons. The molecule has 0 atom stereocenters. The van der Waals surface area contributed by atoms with Gasteiger partial charge in [0.15, 0.2) is 0 Å². The van der Waals surface area contributed by atoms with Crippen LogP contribution in [0.25, 0.3) is 16.6 Å². The largest absolute Gasteiger partial charge is 0.426 e. The average Bonchev–Trinajstić information content (AvgIpc) is 2.48. The Morgan fingerprint density at radius 1 is 1.05 bits per heavy atom. The van der Waals surface area contributed by atoms with Gasteiger partial charge in [0.1, 0.15) is 5.75 Å².